The molecule has 0 aliphatic carbocycles. The number of anilines is 1. The Bertz CT molecular complexity index is 1080. The highest BCUT2D eigenvalue weighted by atomic mass is 16.5. The molecule has 1 heterocycles. The molecule has 6 heteroatoms. The number of aryl methyl sites for hydroxylation is 1. The van der Waals surface area contributed by atoms with Gasteiger partial charge in [-0.25, -0.2) is 4.79 Å². The zero-order chi connectivity index (χ0) is 21.2. The van der Waals surface area contributed by atoms with Gasteiger partial charge in [0.15, 0.2) is 0 Å². The van der Waals surface area contributed by atoms with Gasteiger partial charge in [-0.2, -0.15) is 0 Å². The molecule has 0 saturated heterocycles. The third-order valence-electron chi connectivity index (χ3n) is 4.36. The van der Waals surface area contributed by atoms with Crippen LogP contribution in [-0.2, 0) is 11.2 Å². The number of benzene rings is 2. The summed E-state index contributed by atoms with van der Waals surface area (Å²) >= 11 is 0. The fourth-order valence-corrected chi connectivity index (χ4v) is 3.03. The Morgan fingerprint density at radius 2 is 1.83 bits per heavy atom. The predicted octanol–water partition coefficient (Wildman–Crippen LogP) is 3.79. The van der Waals surface area contributed by atoms with Gasteiger partial charge in [0.25, 0.3) is 0 Å². The van der Waals surface area contributed by atoms with Crippen LogP contribution in [0.3, 0.4) is 0 Å². The molecule has 1 amide bonds. The first-order valence-corrected chi connectivity index (χ1v) is 9.50. The zero-order valence-electron chi connectivity index (χ0n) is 17.1. The van der Waals surface area contributed by atoms with Crippen molar-refractivity contribution in [1.29, 1.82) is 0 Å². The van der Waals surface area contributed by atoms with Crippen LogP contribution >= 0.6 is 0 Å². The Labute approximate surface area is 169 Å². The first-order chi connectivity index (χ1) is 13.6. The Morgan fingerprint density at radius 3 is 2.48 bits per heavy atom. The molecule has 1 atom stereocenters. The number of hydrogen-bond donors (Lipinski definition) is 2. The third-order valence-corrected chi connectivity index (χ3v) is 4.36. The van der Waals surface area contributed by atoms with Crippen molar-refractivity contribution in [2.45, 2.75) is 45.8 Å². The van der Waals surface area contributed by atoms with Gasteiger partial charge < -0.3 is 20.2 Å². The lowest BCUT2D eigenvalue weighted by atomic mass is 10.1. The van der Waals surface area contributed by atoms with Crippen LogP contribution in [0.4, 0.5) is 5.69 Å². The van der Waals surface area contributed by atoms with E-state index in [4.69, 9.17) is 14.9 Å². The molecule has 152 valence electrons. The van der Waals surface area contributed by atoms with Crippen molar-refractivity contribution in [2.75, 3.05) is 5.32 Å². The smallest absolute Gasteiger partial charge is 0.336 e. The molecule has 0 fully saturated rings. The first-order valence-electron chi connectivity index (χ1n) is 9.50. The van der Waals surface area contributed by atoms with Gasteiger partial charge in [-0.05, 0) is 69.5 Å². The molecule has 0 radical (unpaired) electrons. The van der Waals surface area contributed by atoms with E-state index in [1.807, 2.05) is 58.0 Å². The molecule has 0 saturated carbocycles. The summed E-state index contributed by atoms with van der Waals surface area (Å²) in [6, 6.07) is 13.5. The zero-order valence-corrected chi connectivity index (χ0v) is 17.1. The monoisotopic (exact) mass is 394 g/mol. The lowest BCUT2D eigenvalue weighted by molar-refractivity contribution is -0.117. The molecular formula is C23H26N2O4. The van der Waals surface area contributed by atoms with E-state index in [1.54, 1.807) is 12.1 Å². The first kappa shape index (κ1) is 20.6. The van der Waals surface area contributed by atoms with Crippen LogP contribution in [-0.4, -0.2) is 17.6 Å². The molecule has 3 aromatic rings. The second-order valence-corrected chi connectivity index (χ2v) is 8.12. The summed E-state index contributed by atoms with van der Waals surface area (Å²) in [6.45, 7) is 7.80. The highest BCUT2D eigenvalue weighted by Gasteiger charge is 2.16. The minimum absolute atomic E-state index is 0.269. The van der Waals surface area contributed by atoms with Crippen molar-refractivity contribution in [3.63, 3.8) is 0 Å². The summed E-state index contributed by atoms with van der Waals surface area (Å²) in [5.41, 5.74) is 8.11. The number of carbonyl (C=O) groups excluding carboxylic acids is 1. The Hall–Kier alpha value is -3.12. The number of rotatable bonds is 5. The maximum absolute atomic E-state index is 12.5. The highest BCUT2D eigenvalue weighted by Crippen LogP contribution is 2.21. The van der Waals surface area contributed by atoms with Crippen molar-refractivity contribution < 1.29 is 13.9 Å². The number of ether oxygens (including phenoxy) is 1. The van der Waals surface area contributed by atoms with Crippen LogP contribution in [0.5, 0.6) is 5.75 Å². The molecule has 0 unspecified atom stereocenters. The molecule has 6 nitrogen and oxygen atoms in total. The van der Waals surface area contributed by atoms with Crippen LogP contribution in [0.1, 0.15) is 31.9 Å². The van der Waals surface area contributed by atoms with Crippen LogP contribution in [0.15, 0.2) is 57.7 Å². The molecule has 0 spiro atoms. The van der Waals surface area contributed by atoms with Crippen LogP contribution in [0, 0.1) is 6.92 Å². The third kappa shape index (κ3) is 5.45. The number of fused-ring (bicyclic) bond motifs is 1. The van der Waals surface area contributed by atoms with Crippen molar-refractivity contribution in [2.24, 2.45) is 5.73 Å². The van der Waals surface area contributed by atoms with E-state index >= 15 is 0 Å². The molecule has 2 aromatic carbocycles. The number of amides is 1. The molecule has 29 heavy (non-hydrogen) atoms. The molecule has 1 aromatic heterocycles. The van der Waals surface area contributed by atoms with Gasteiger partial charge in [0, 0.05) is 23.2 Å². The molecule has 0 aliphatic rings. The summed E-state index contributed by atoms with van der Waals surface area (Å²) in [7, 11) is 0. The summed E-state index contributed by atoms with van der Waals surface area (Å²) in [5.74, 6) is 0.460. The number of carbonyl (C=O) groups is 1. The van der Waals surface area contributed by atoms with Crippen molar-refractivity contribution in [1.82, 2.24) is 0 Å². The minimum atomic E-state index is -0.718. The van der Waals surface area contributed by atoms with Crippen molar-refractivity contribution >= 4 is 22.6 Å². The average molecular weight is 394 g/mol. The van der Waals surface area contributed by atoms with E-state index < -0.39 is 11.7 Å². The topological polar surface area (TPSA) is 94.6 Å². The lowest BCUT2D eigenvalue weighted by Gasteiger charge is -2.21. The molecule has 0 bridgehead atoms. The fraction of sp³-hybridized carbons (Fsp3) is 0.304. The quantitative estimate of drug-likeness (QED) is 0.642. The SMILES string of the molecule is Cc1cc(=O)oc2cc(NC(=O)[C@@H](N)Cc3ccc(OC(C)(C)C)cc3)ccc12. The summed E-state index contributed by atoms with van der Waals surface area (Å²) in [4.78, 5) is 24.1. The van der Waals surface area contributed by atoms with Gasteiger partial charge in [-0.3, -0.25) is 4.79 Å². The highest BCUT2D eigenvalue weighted by molar-refractivity contribution is 5.96. The van der Waals surface area contributed by atoms with E-state index in [0.717, 1.165) is 22.3 Å². The second kappa shape index (κ2) is 8.09. The molecule has 3 rings (SSSR count). The van der Waals surface area contributed by atoms with E-state index in [9.17, 15) is 9.59 Å². The van der Waals surface area contributed by atoms with Gasteiger partial charge in [-0.15, -0.1) is 0 Å². The van der Waals surface area contributed by atoms with Gasteiger partial charge in [0.05, 0.1) is 6.04 Å². The van der Waals surface area contributed by atoms with Gasteiger partial charge in [-0.1, -0.05) is 12.1 Å². The second-order valence-electron chi connectivity index (χ2n) is 8.12. The minimum Gasteiger partial charge on any atom is -0.488 e. The number of hydrogen-bond acceptors (Lipinski definition) is 5. The van der Waals surface area contributed by atoms with E-state index in [-0.39, 0.29) is 11.5 Å². The molecule has 0 aliphatic heterocycles. The Balaban J connectivity index is 1.66. The van der Waals surface area contributed by atoms with Crippen molar-refractivity contribution in [3.05, 3.63) is 70.1 Å². The van der Waals surface area contributed by atoms with Gasteiger partial charge >= 0.3 is 5.63 Å². The van der Waals surface area contributed by atoms with Crippen LogP contribution in [0.25, 0.3) is 11.0 Å². The van der Waals surface area contributed by atoms with Crippen molar-refractivity contribution in [3.8, 4) is 5.75 Å². The fourth-order valence-electron chi connectivity index (χ4n) is 3.03. The lowest BCUT2D eigenvalue weighted by Crippen LogP contribution is -2.37. The maximum atomic E-state index is 12.5. The van der Waals surface area contributed by atoms with E-state index in [2.05, 4.69) is 5.32 Å². The number of nitrogens with one attached hydrogen (secondary N) is 1. The Kier molecular flexibility index (Phi) is 5.75. The maximum Gasteiger partial charge on any atom is 0.336 e. The van der Waals surface area contributed by atoms with Crippen LogP contribution in [0.2, 0.25) is 0 Å². The standard InChI is InChI=1S/C23H26N2O4/c1-14-11-21(26)28-20-13-16(7-10-18(14)20)25-22(27)19(24)12-15-5-8-17(9-6-15)29-23(2,3)4/h5-11,13,19H,12,24H2,1-4H3,(H,25,27)/t19-/m0/s1. The van der Waals surface area contributed by atoms with Crippen LogP contribution < -0.4 is 21.4 Å². The van der Waals surface area contributed by atoms with Gasteiger partial charge in [0.2, 0.25) is 5.91 Å². The molecular weight excluding hydrogens is 368 g/mol. The van der Waals surface area contributed by atoms with E-state index in [1.165, 1.54) is 6.07 Å². The van der Waals surface area contributed by atoms with Gasteiger partial charge in [0.1, 0.15) is 16.9 Å². The predicted molar refractivity (Wildman–Crippen MR) is 114 cm³/mol. The summed E-state index contributed by atoms with van der Waals surface area (Å²) < 4.78 is 11.0. The average Bonchev–Trinajstić information content (AvgIpc) is 2.61. The molecule has 3 N–H and O–H groups in total. The largest absolute Gasteiger partial charge is 0.488 e. The normalized spacial score (nSPS) is 12.6. The summed E-state index contributed by atoms with van der Waals surface area (Å²) in [6.07, 6.45) is 0.392. The van der Waals surface area contributed by atoms with E-state index in [0.29, 0.717) is 17.7 Å². The Morgan fingerprint density at radius 1 is 1.14 bits per heavy atom. The summed E-state index contributed by atoms with van der Waals surface area (Å²) in [5, 5.41) is 3.61. The number of nitrogens with two attached hydrogens (primary N) is 1.